The van der Waals surface area contributed by atoms with Crippen molar-refractivity contribution >= 4 is 5.97 Å². The Kier molecular flexibility index (Phi) is 3.00. The average molecular weight is 217 g/mol. The number of aromatic nitrogens is 1. The lowest BCUT2D eigenvalue weighted by atomic mass is 10.1. The predicted molar refractivity (Wildman–Crippen MR) is 56.8 cm³/mol. The zero-order valence-electron chi connectivity index (χ0n) is 8.84. The monoisotopic (exact) mass is 217 g/mol. The van der Waals surface area contributed by atoms with Gasteiger partial charge in [0.25, 0.3) is 0 Å². The minimum Gasteiger partial charge on any atom is -0.456 e. The molecule has 1 aromatic heterocycles. The van der Waals surface area contributed by atoms with Gasteiger partial charge in [-0.05, 0) is 18.1 Å². The molecule has 2 aromatic rings. The highest BCUT2D eigenvalue weighted by Crippen LogP contribution is 2.09. The van der Waals surface area contributed by atoms with Gasteiger partial charge in [-0.15, -0.1) is 0 Å². The Morgan fingerprint density at radius 2 is 2.25 bits per heavy atom. The molecular formula is C12H11NO3. The standard InChI is InChI=1S/C12H11NO3/c1-9-4-2-3-5-10(9)6-16-12(14)11-7-15-8-13-11/h2-5,7-8H,6H2,1H3. The maximum absolute atomic E-state index is 11.4. The number of rotatable bonds is 3. The summed E-state index contributed by atoms with van der Waals surface area (Å²) in [6.45, 7) is 2.22. The van der Waals surface area contributed by atoms with Crippen LogP contribution in [0.15, 0.2) is 41.3 Å². The van der Waals surface area contributed by atoms with Gasteiger partial charge in [0.05, 0.1) is 0 Å². The number of ether oxygens (including phenoxy) is 1. The fourth-order valence-corrected chi connectivity index (χ4v) is 1.30. The van der Waals surface area contributed by atoms with Crippen LogP contribution in [0.3, 0.4) is 0 Å². The SMILES string of the molecule is Cc1ccccc1COC(=O)c1cocn1. The van der Waals surface area contributed by atoms with Crippen molar-refractivity contribution in [2.75, 3.05) is 0 Å². The molecule has 0 spiro atoms. The van der Waals surface area contributed by atoms with Crippen LogP contribution in [0, 0.1) is 6.92 Å². The fourth-order valence-electron chi connectivity index (χ4n) is 1.30. The molecule has 4 nitrogen and oxygen atoms in total. The zero-order chi connectivity index (χ0) is 11.4. The quantitative estimate of drug-likeness (QED) is 0.740. The van der Waals surface area contributed by atoms with Crippen LogP contribution in [0.25, 0.3) is 0 Å². The Hall–Kier alpha value is -2.10. The number of esters is 1. The second-order valence-electron chi connectivity index (χ2n) is 3.38. The number of oxazole rings is 1. The highest BCUT2D eigenvalue weighted by molar-refractivity contribution is 5.86. The molecule has 0 atom stereocenters. The molecule has 1 heterocycles. The average Bonchev–Trinajstić information content (AvgIpc) is 2.81. The van der Waals surface area contributed by atoms with Gasteiger partial charge >= 0.3 is 5.97 Å². The smallest absolute Gasteiger partial charge is 0.360 e. The van der Waals surface area contributed by atoms with Crippen LogP contribution in [-0.2, 0) is 11.3 Å². The second kappa shape index (κ2) is 4.61. The Labute approximate surface area is 92.9 Å². The van der Waals surface area contributed by atoms with Gasteiger partial charge in [0.1, 0.15) is 12.9 Å². The van der Waals surface area contributed by atoms with E-state index in [-0.39, 0.29) is 12.3 Å². The van der Waals surface area contributed by atoms with Crippen LogP contribution in [0.1, 0.15) is 21.6 Å². The van der Waals surface area contributed by atoms with E-state index >= 15 is 0 Å². The molecule has 1 aromatic carbocycles. The molecule has 16 heavy (non-hydrogen) atoms. The summed E-state index contributed by atoms with van der Waals surface area (Å²) in [5.74, 6) is -0.475. The van der Waals surface area contributed by atoms with E-state index < -0.39 is 5.97 Å². The van der Waals surface area contributed by atoms with E-state index in [1.165, 1.54) is 12.7 Å². The molecule has 0 aliphatic heterocycles. The van der Waals surface area contributed by atoms with Crippen molar-refractivity contribution in [1.29, 1.82) is 0 Å². The third-order valence-corrected chi connectivity index (χ3v) is 2.26. The lowest BCUT2D eigenvalue weighted by Gasteiger charge is -2.05. The number of hydrogen-bond acceptors (Lipinski definition) is 4. The highest BCUT2D eigenvalue weighted by atomic mass is 16.5. The summed E-state index contributed by atoms with van der Waals surface area (Å²) >= 11 is 0. The van der Waals surface area contributed by atoms with Crippen molar-refractivity contribution in [2.45, 2.75) is 13.5 Å². The van der Waals surface area contributed by atoms with Gasteiger partial charge in [-0.25, -0.2) is 9.78 Å². The third-order valence-electron chi connectivity index (χ3n) is 2.26. The Morgan fingerprint density at radius 3 is 2.94 bits per heavy atom. The number of benzene rings is 1. The third kappa shape index (κ3) is 2.28. The predicted octanol–water partition coefficient (Wildman–Crippen LogP) is 2.34. The lowest BCUT2D eigenvalue weighted by Crippen LogP contribution is -2.06. The number of carbonyl (C=O) groups excluding carboxylic acids is 1. The molecule has 0 saturated heterocycles. The molecule has 82 valence electrons. The molecule has 4 heteroatoms. The summed E-state index contributed by atoms with van der Waals surface area (Å²) in [6.07, 6.45) is 2.46. The molecule has 0 unspecified atom stereocenters. The molecule has 0 bridgehead atoms. The maximum atomic E-state index is 11.4. The van der Waals surface area contributed by atoms with Crippen LogP contribution < -0.4 is 0 Å². The van der Waals surface area contributed by atoms with E-state index in [9.17, 15) is 4.79 Å². The van der Waals surface area contributed by atoms with E-state index in [2.05, 4.69) is 4.98 Å². The summed E-state index contributed by atoms with van der Waals surface area (Å²) in [4.78, 5) is 15.2. The zero-order valence-corrected chi connectivity index (χ0v) is 8.84. The minimum atomic E-state index is -0.475. The van der Waals surface area contributed by atoms with Gasteiger partial charge in [0, 0.05) is 0 Å². The van der Waals surface area contributed by atoms with Crippen molar-refractivity contribution in [3.63, 3.8) is 0 Å². The first-order chi connectivity index (χ1) is 7.77. The minimum absolute atomic E-state index is 0.189. The van der Waals surface area contributed by atoms with E-state index in [1.54, 1.807) is 0 Å². The molecular weight excluding hydrogens is 206 g/mol. The molecule has 0 fully saturated rings. The molecule has 0 amide bonds. The first-order valence-electron chi connectivity index (χ1n) is 4.87. The number of carbonyl (C=O) groups is 1. The number of hydrogen-bond donors (Lipinski definition) is 0. The van der Waals surface area contributed by atoms with Crippen LogP contribution in [0.2, 0.25) is 0 Å². The highest BCUT2D eigenvalue weighted by Gasteiger charge is 2.10. The summed E-state index contributed by atoms with van der Waals surface area (Å²) < 4.78 is 9.79. The Bertz CT molecular complexity index is 477. The van der Waals surface area contributed by atoms with Gasteiger partial charge < -0.3 is 9.15 Å². The van der Waals surface area contributed by atoms with Crippen molar-refractivity contribution in [3.05, 3.63) is 53.7 Å². The summed E-state index contributed by atoms with van der Waals surface area (Å²) in [5, 5.41) is 0. The fraction of sp³-hybridized carbons (Fsp3) is 0.167. The van der Waals surface area contributed by atoms with Gasteiger partial charge in [-0.3, -0.25) is 0 Å². The van der Waals surface area contributed by atoms with Crippen molar-refractivity contribution in [2.24, 2.45) is 0 Å². The first-order valence-corrected chi connectivity index (χ1v) is 4.87. The summed E-state index contributed by atoms with van der Waals surface area (Å²) in [7, 11) is 0. The van der Waals surface area contributed by atoms with Crippen LogP contribution >= 0.6 is 0 Å². The topological polar surface area (TPSA) is 52.3 Å². The van der Waals surface area contributed by atoms with Crippen molar-refractivity contribution in [1.82, 2.24) is 4.98 Å². The van der Waals surface area contributed by atoms with Crippen LogP contribution in [0.5, 0.6) is 0 Å². The molecule has 0 N–H and O–H groups in total. The molecule has 0 saturated carbocycles. The summed E-state index contributed by atoms with van der Waals surface area (Å²) in [5.41, 5.74) is 2.27. The van der Waals surface area contributed by atoms with E-state index in [4.69, 9.17) is 9.15 Å². The molecule has 0 aliphatic rings. The molecule has 2 rings (SSSR count). The second-order valence-corrected chi connectivity index (χ2v) is 3.38. The Balaban J connectivity index is 1.98. The number of nitrogens with zero attached hydrogens (tertiary/aromatic N) is 1. The van der Waals surface area contributed by atoms with Crippen LogP contribution in [0.4, 0.5) is 0 Å². The van der Waals surface area contributed by atoms with Crippen LogP contribution in [-0.4, -0.2) is 11.0 Å². The normalized spacial score (nSPS) is 10.1. The maximum Gasteiger partial charge on any atom is 0.360 e. The van der Waals surface area contributed by atoms with Gasteiger partial charge in [0.2, 0.25) is 0 Å². The Morgan fingerprint density at radius 1 is 1.44 bits per heavy atom. The van der Waals surface area contributed by atoms with E-state index in [0.717, 1.165) is 11.1 Å². The van der Waals surface area contributed by atoms with Gasteiger partial charge in [0.15, 0.2) is 12.1 Å². The lowest BCUT2D eigenvalue weighted by molar-refractivity contribution is 0.0465. The number of aryl methyl sites for hydroxylation is 1. The van der Waals surface area contributed by atoms with Gasteiger partial charge in [-0.1, -0.05) is 24.3 Å². The van der Waals surface area contributed by atoms with Gasteiger partial charge in [-0.2, -0.15) is 0 Å². The van der Waals surface area contributed by atoms with Crippen molar-refractivity contribution < 1.29 is 13.9 Å². The first kappa shape index (κ1) is 10.4. The van der Waals surface area contributed by atoms with Crippen molar-refractivity contribution in [3.8, 4) is 0 Å². The van der Waals surface area contributed by atoms with E-state index in [1.807, 2.05) is 31.2 Å². The molecule has 0 radical (unpaired) electrons. The summed E-state index contributed by atoms with van der Waals surface area (Å²) in [6, 6.07) is 7.75. The van der Waals surface area contributed by atoms with E-state index in [0.29, 0.717) is 0 Å². The largest absolute Gasteiger partial charge is 0.456 e. The molecule has 0 aliphatic carbocycles.